The predicted octanol–water partition coefficient (Wildman–Crippen LogP) is 0.648. The van der Waals surface area contributed by atoms with E-state index >= 15 is 0 Å². The lowest BCUT2D eigenvalue weighted by molar-refractivity contribution is -0.128. The summed E-state index contributed by atoms with van der Waals surface area (Å²) in [5.41, 5.74) is 0.764. The fraction of sp³-hybridized carbons (Fsp3) is 0.429. The quantitative estimate of drug-likeness (QED) is 0.752. The number of hydrogen-bond acceptors (Lipinski definition) is 4. The number of carbonyl (C=O) groups excluding carboxylic acids is 2. The smallest absolute Gasteiger partial charge is 0.272 e. The van der Waals surface area contributed by atoms with E-state index in [9.17, 15) is 9.59 Å². The van der Waals surface area contributed by atoms with Gasteiger partial charge < -0.3 is 9.80 Å². The summed E-state index contributed by atoms with van der Waals surface area (Å²) in [7, 11) is 0. The van der Waals surface area contributed by atoms with Gasteiger partial charge in [-0.25, -0.2) is 4.98 Å². The standard InChI is InChI=1S/C14H16N4O2/c1-11(19)17-5-2-6-18(8-7-17)14(20)13-4-3-12(9-15)10-16-13/h3-4,10H,2,5-8H2,1H3. The van der Waals surface area contributed by atoms with Crippen LogP contribution in [0.15, 0.2) is 18.3 Å². The summed E-state index contributed by atoms with van der Waals surface area (Å²) in [6.45, 7) is 3.90. The molecule has 2 rings (SSSR count). The molecule has 0 saturated carbocycles. The van der Waals surface area contributed by atoms with E-state index in [0.29, 0.717) is 37.4 Å². The van der Waals surface area contributed by atoms with Crippen LogP contribution in [0.1, 0.15) is 29.4 Å². The van der Waals surface area contributed by atoms with Gasteiger partial charge in [0.15, 0.2) is 0 Å². The molecular weight excluding hydrogens is 256 g/mol. The summed E-state index contributed by atoms with van der Waals surface area (Å²) in [5.74, 6) is -0.115. The summed E-state index contributed by atoms with van der Waals surface area (Å²) in [5, 5.41) is 8.71. The lowest BCUT2D eigenvalue weighted by Crippen LogP contribution is -2.36. The number of carbonyl (C=O) groups is 2. The van der Waals surface area contributed by atoms with Gasteiger partial charge in [-0.3, -0.25) is 9.59 Å². The molecule has 2 amide bonds. The highest BCUT2D eigenvalue weighted by Crippen LogP contribution is 2.08. The van der Waals surface area contributed by atoms with Crippen molar-refractivity contribution in [2.75, 3.05) is 26.2 Å². The van der Waals surface area contributed by atoms with Gasteiger partial charge in [0, 0.05) is 39.3 Å². The Hall–Kier alpha value is -2.42. The summed E-state index contributed by atoms with van der Waals surface area (Å²) in [6, 6.07) is 5.12. The Morgan fingerprint density at radius 2 is 1.90 bits per heavy atom. The van der Waals surface area contributed by atoms with Gasteiger partial charge in [0.05, 0.1) is 5.56 Å². The summed E-state index contributed by atoms with van der Waals surface area (Å²) in [4.78, 5) is 31.1. The molecule has 1 fully saturated rings. The maximum atomic E-state index is 12.3. The third-order valence-corrected chi connectivity index (χ3v) is 3.34. The molecule has 0 aromatic carbocycles. The number of pyridine rings is 1. The highest BCUT2D eigenvalue weighted by atomic mass is 16.2. The average Bonchev–Trinajstić information content (AvgIpc) is 2.72. The minimum atomic E-state index is -0.153. The molecule has 6 heteroatoms. The number of rotatable bonds is 1. The van der Waals surface area contributed by atoms with Crippen LogP contribution in [-0.2, 0) is 4.79 Å². The van der Waals surface area contributed by atoms with E-state index in [1.165, 1.54) is 6.20 Å². The van der Waals surface area contributed by atoms with Crippen LogP contribution >= 0.6 is 0 Å². The van der Waals surface area contributed by atoms with Crippen molar-refractivity contribution in [3.8, 4) is 6.07 Å². The Balaban J connectivity index is 2.05. The van der Waals surface area contributed by atoms with Crippen LogP contribution in [0, 0.1) is 11.3 Å². The zero-order valence-corrected chi connectivity index (χ0v) is 11.4. The van der Waals surface area contributed by atoms with Gasteiger partial charge in [-0.2, -0.15) is 5.26 Å². The van der Waals surface area contributed by atoms with Gasteiger partial charge in [0.2, 0.25) is 5.91 Å². The lowest BCUT2D eigenvalue weighted by Gasteiger charge is -2.21. The second-order valence-corrected chi connectivity index (χ2v) is 4.70. The highest BCUT2D eigenvalue weighted by molar-refractivity contribution is 5.92. The number of nitrogens with zero attached hydrogens (tertiary/aromatic N) is 4. The SMILES string of the molecule is CC(=O)N1CCCN(C(=O)c2ccc(C#N)cn2)CC1. The minimum absolute atomic E-state index is 0.0378. The van der Waals surface area contributed by atoms with E-state index in [-0.39, 0.29) is 11.8 Å². The molecule has 0 spiro atoms. The largest absolute Gasteiger partial charge is 0.341 e. The molecule has 6 nitrogen and oxygen atoms in total. The fourth-order valence-electron chi connectivity index (χ4n) is 2.18. The molecule has 0 unspecified atom stereocenters. The molecule has 0 radical (unpaired) electrons. The Morgan fingerprint density at radius 3 is 2.50 bits per heavy atom. The predicted molar refractivity (Wildman–Crippen MR) is 71.7 cm³/mol. The van der Waals surface area contributed by atoms with Crippen molar-refractivity contribution in [1.29, 1.82) is 5.26 Å². The molecule has 104 valence electrons. The van der Waals surface area contributed by atoms with Gasteiger partial charge in [0.1, 0.15) is 11.8 Å². The van der Waals surface area contributed by atoms with Crippen LogP contribution in [0.5, 0.6) is 0 Å². The maximum Gasteiger partial charge on any atom is 0.272 e. The third kappa shape index (κ3) is 3.12. The molecule has 0 N–H and O–H groups in total. The van der Waals surface area contributed by atoms with Crippen molar-refractivity contribution in [1.82, 2.24) is 14.8 Å². The number of aromatic nitrogens is 1. The highest BCUT2D eigenvalue weighted by Gasteiger charge is 2.21. The fourth-order valence-corrected chi connectivity index (χ4v) is 2.18. The molecule has 1 aliphatic heterocycles. The summed E-state index contributed by atoms with van der Waals surface area (Å²) in [6.07, 6.45) is 2.16. The average molecular weight is 272 g/mol. The molecule has 1 saturated heterocycles. The number of amides is 2. The van der Waals surface area contributed by atoms with Crippen molar-refractivity contribution in [3.05, 3.63) is 29.6 Å². The van der Waals surface area contributed by atoms with E-state index in [1.54, 1.807) is 28.9 Å². The minimum Gasteiger partial charge on any atom is -0.341 e. The molecular formula is C14H16N4O2. The lowest BCUT2D eigenvalue weighted by atomic mass is 10.2. The zero-order valence-electron chi connectivity index (χ0n) is 11.4. The molecule has 0 aliphatic carbocycles. The van der Waals surface area contributed by atoms with Crippen LogP contribution in [0.2, 0.25) is 0 Å². The molecule has 20 heavy (non-hydrogen) atoms. The monoisotopic (exact) mass is 272 g/mol. The van der Waals surface area contributed by atoms with Crippen molar-refractivity contribution in [2.24, 2.45) is 0 Å². The molecule has 0 atom stereocenters. The van der Waals surface area contributed by atoms with Crippen LogP contribution in [0.25, 0.3) is 0 Å². The van der Waals surface area contributed by atoms with Gasteiger partial charge in [-0.15, -0.1) is 0 Å². The first-order valence-electron chi connectivity index (χ1n) is 6.53. The number of hydrogen-bond donors (Lipinski definition) is 0. The third-order valence-electron chi connectivity index (χ3n) is 3.34. The van der Waals surface area contributed by atoms with Crippen LogP contribution < -0.4 is 0 Å². The Bertz CT molecular complexity index is 547. The molecule has 1 aromatic heterocycles. The van der Waals surface area contributed by atoms with Crippen LogP contribution in [0.4, 0.5) is 0 Å². The van der Waals surface area contributed by atoms with E-state index in [0.717, 1.165) is 6.42 Å². The summed E-state index contributed by atoms with van der Waals surface area (Å²) >= 11 is 0. The van der Waals surface area contributed by atoms with Crippen LogP contribution in [-0.4, -0.2) is 52.8 Å². The first kappa shape index (κ1) is 14.0. The van der Waals surface area contributed by atoms with Crippen molar-refractivity contribution in [2.45, 2.75) is 13.3 Å². The maximum absolute atomic E-state index is 12.3. The Labute approximate surface area is 117 Å². The van der Waals surface area contributed by atoms with E-state index in [4.69, 9.17) is 5.26 Å². The molecule has 2 heterocycles. The Morgan fingerprint density at radius 1 is 1.20 bits per heavy atom. The van der Waals surface area contributed by atoms with E-state index in [2.05, 4.69) is 4.98 Å². The molecule has 0 bridgehead atoms. The zero-order chi connectivity index (χ0) is 14.5. The van der Waals surface area contributed by atoms with Gasteiger partial charge in [-0.1, -0.05) is 0 Å². The number of nitriles is 1. The van der Waals surface area contributed by atoms with Crippen LogP contribution in [0.3, 0.4) is 0 Å². The summed E-state index contributed by atoms with van der Waals surface area (Å²) < 4.78 is 0. The van der Waals surface area contributed by atoms with E-state index < -0.39 is 0 Å². The van der Waals surface area contributed by atoms with E-state index in [1.807, 2.05) is 6.07 Å². The topological polar surface area (TPSA) is 77.3 Å². The second kappa shape index (κ2) is 6.15. The van der Waals surface area contributed by atoms with Crippen molar-refractivity contribution >= 4 is 11.8 Å². The first-order chi connectivity index (χ1) is 9.61. The van der Waals surface area contributed by atoms with Gasteiger partial charge in [0.25, 0.3) is 5.91 Å². The first-order valence-corrected chi connectivity index (χ1v) is 6.53. The van der Waals surface area contributed by atoms with Crippen molar-refractivity contribution < 1.29 is 9.59 Å². The molecule has 1 aliphatic rings. The molecule has 1 aromatic rings. The van der Waals surface area contributed by atoms with Gasteiger partial charge in [-0.05, 0) is 18.6 Å². The van der Waals surface area contributed by atoms with Gasteiger partial charge >= 0.3 is 0 Å². The normalized spacial score (nSPS) is 15.4. The second-order valence-electron chi connectivity index (χ2n) is 4.70. The van der Waals surface area contributed by atoms with Crippen molar-refractivity contribution in [3.63, 3.8) is 0 Å². The Kier molecular flexibility index (Phi) is 4.31.